The second-order valence-electron chi connectivity index (χ2n) is 9.34. The van der Waals surface area contributed by atoms with Gasteiger partial charge in [0.2, 0.25) is 10.0 Å². The molecule has 3 fully saturated rings. The van der Waals surface area contributed by atoms with Crippen LogP contribution in [0.5, 0.6) is 0 Å². The number of alkyl halides is 3. The maximum absolute atomic E-state index is 13.3. The number of rotatable bonds is 4. The van der Waals surface area contributed by atoms with Gasteiger partial charge in [0, 0.05) is 37.8 Å². The molecule has 0 unspecified atom stereocenters. The predicted octanol–water partition coefficient (Wildman–Crippen LogP) is 3.21. The minimum Gasteiger partial charge on any atom is -0.411 e. The van der Waals surface area contributed by atoms with Crippen LogP contribution in [0.15, 0.2) is 23.5 Å². The van der Waals surface area contributed by atoms with E-state index in [1.165, 1.54) is 10.4 Å². The fraction of sp³-hybridized carbons (Fsp3) is 0.700. The van der Waals surface area contributed by atoms with Gasteiger partial charge in [0.1, 0.15) is 5.82 Å². The summed E-state index contributed by atoms with van der Waals surface area (Å²) in [4.78, 5) is 5.69. The first kappa shape index (κ1) is 22.3. The van der Waals surface area contributed by atoms with E-state index in [4.69, 9.17) is 0 Å². The van der Waals surface area contributed by atoms with E-state index in [9.17, 15) is 26.8 Å². The van der Waals surface area contributed by atoms with Crippen molar-refractivity contribution in [2.45, 2.75) is 39.3 Å². The van der Waals surface area contributed by atoms with Crippen molar-refractivity contribution < 1.29 is 26.8 Å². The van der Waals surface area contributed by atoms with Crippen LogP contribution in [-0.4, -0.2) is 60.6 Å². The molecule has 1 N–H and O–H groups in total. The smallest absolute Gasteiger partial charge is 0.411 e. The third kappa shape index (κ3) is 3.59. The van der Waals surface area contributed by atoms with Crippen LogP contribution in [0.4, 0.5) is 19.0 Å². The fourth-order valence-electron chi connectivity index (χ4n) is 5.61. The number of oxime groups is 1. The number of sulfonamides is 1. The summed E-state index contributed by atoms with van der Waals surface area (Å²) < 4.78 is 66.2. The Morgan fingerprint density at radius 2 is 1.90 bits per heavy atom. The molecule has 0 spiro atoms. The number of piperazine rings is 1. The third-order valence-electron chi connectivity index (χ3n) is 7.75. The van der Waals surface area contributed by atoms with Crippen molar-refractivity contribution in [1.29, 1.82) is 0 Å². The highest BCUT2D eigenvalue weighted by atomic mass is 32.2. The summed E-state index contributed by atoms with van der Waals surface area (Å²) in [6.45, 7) is 5.28. The highest BCUT2D eigenvalue weighted by Crippen LogP contribution is 2.64. The van der Waals surface area contributed by atoms with Crippen LogP contribution in [0.3, 0.4) is 0 Å². The quantitative estimate of drug-likeness (QED) is 0.551. The molecule has 1 aliphatic heterocycles. The second kappa shape index (κ2) is 7.33. The lowest BCUT2D eigenvalue weighted by Gasteiger charge is -2.40. The standard InChI is InChI=1S/C20H27F3N4O3S/c1-18(2)14-5-6-19(18,16(11-14)25-28)13-31(29,30)27-9-7-26(8-10-27)17-4-3-15(12-24-17)20(21,22)23/h3-4,12,14,28H,5-11,13H2,1-2H3/b25-16+/t14-,19-/m1/s1. The number of hydrogen-bond acceptors (Lipinski definition) is 6. The molecule has 31 heavy (non-hydrogen) atoms. The lowest BCUT2D eigenvalue weighted by atomic mass is 9.70. The first-order chi connectivity index (χ1) is 14.4. The van der Waals surface area contributed by atoms with Crippen molar-refractivity contribution in [2.75, 3.05) is 36.8 Å². The van der Waals surface area contributed by atoms with E-state index in [2.05, 4.69) is 24.0 Å². The van der Waals surface area contributed by atoms with Crippen molar-refractivity contribution >= 4 is 21.6 Å². The molecule has 0 amide bonds. The molecular weight excluding hydrogens is 433 g/mol. The van der Waals surface area contributed by atoms with Crippen molar-refractivity contribution in [1.82, 2.24) is 9.29 Å². The van der Waals surface area contributed by atoms with Crippen molar-refractivity contribution in [3.8, 4) is 0 Å². The van der Waals surface area contributed by atoms with E-state index in [0.717, 1.165) is 18.7 Å². The molecule has 2 saturated carbocycles. The molecular formula is C20H27F3N4O3S. The average Bonchev–Trinajstić information content (AvgIpc) is 3.07. The number of aromatic nitrogens is 1. The molecule has 1 aromatic heterocycles. The Balaban J connectivity index is 1.45. The van der Waals surface area contributed by atoms with Crippen LogP contribution in [0.25, 0.3) is 0 Å². The molecule has 1 saturated heterocycles. The van der Waals surface area contributed by atoms with E-state index < -0.39 is 27.2 Å². The maximum Gasteiger partial charge on any atom is 0.417 e. The molecule has 4 rings (SSSR count). The summed E-state index contributed by atoms with van der Waals surface area (Å²) in [5, 5.41) is 13.0. The minimum absolute atomic E-state index is 0.0819. The van der Waals surface area contributed by atoms with Gasteiger partial charge in [-0.3, -0.25) is 0 Å². The monoisotopic (exact) mass is 460 g/mol. The number of halogens is 3. The van der Waals surface area contributed by atoms with Crippen LogP contribution in [0.1, 0.15) is 38.7 Å². The average molecular weight is 461 g/mol. The molecule has 3 aliphatic rings. The molecule has 172 valence electrons. The van der Waals surface area contributed by atoms with Crippen LogP contribution in [0, 0.1) is 16.7 Å². The zero-order chi connectivity index (χ0) is 22.7. The molecule has 0 aromatic carbocycles. The Kier molecular flexibility index (Phi) is 5.28. The van der Waals surface area contributed by atoms with Gasteiger partial charge in [-0.15, -0.1) is 0 Å². The van der Waals surface area contributed by atoms with Gasteiger partial charge in [0.25, 0.3) is 0 Å². The molecule has 7 nitrogen and oxygen atoms in total. The number of fused-ring (bicyclic) bond motifs is 2. The normalized spacial score (nSPS) is 30.3. The molecule has 0 radical (unpaired) electrons. The number of anilines is 1. The number of pyridine rings is 1. The van der Waals surface area contributed by atoms with E-state index in [1.807, 2.05) is 0 Å². The van der Waals surface area contributed by atoms with Crippen molar-refractivity contribution in [3.05, 3.63) is 23.9 Å². The SMILES string of the molecule is CC1(C)[C@@H]2CC[C@@]1(CS(=O)(=O)N1CCN(c3ccc(C(F)(F)F)cn3)CC1)/C(=N/O)C2. The second-order valence-corrected chi connectivity index (χ2v) is 11.3. The fourth-order valence-corrected chi connectivity index (χ4v) is 7.82. The highest BCUT2D eigenvalue weighted by molar-refractivity contribution is 7.89. The summed E-state index contributed by atoms with van der Waals surface area (Å²) in [7, 11) is -3.61. The van der Waals surface area contributed by atoms with Crippen molar-refractivity contribution in [2.24, 2.45) is 21.9 Å². The summed E-state index contributed by atoms with van der Waals surface area (Å²) in [5.74, 6) is 0.631. The molecule has 2 bridgehead atoms. The Morgan fingerprint density at radius 1 is 1.23 bits per heavy atom. The van der Waals surface area contributed by atoms with E-state index in [0.29, 0.717) is 43.4 Å². The molecule has 1 aromatic rings. The maximum atomic E-state index is 13.3. The van der Waals surface area contributed by atoms with Gasteiger partial charge in [-0.2, -0.15) is 17.5 Å². The zero-order valence-electron chi connectivity index (χ0n) is 17.6. The summed E-state index contributed by atoms with van der Waals surface area (Å²) in [5.41, 5.74) is -1.14. The van der Waals surface area contributed by atoms with Gasteiger partial charge in [0.05, 0.1) is 17.0 Å². The topological polar surface area (TPSA) is 86.1 Å². The van der Waals surface area contributed by atoms with Gasteiger partial charge < -0.3 is 10.1 Å². The Hall–Kier alpha value is -1.88. The number of hydrogen-bond donors (Lipinski definition) is 1. The molecule has 2 atom stereocenters. The lowest BCUT2D eigenvalue weighted by molar-refractivity contribution is -0.137. The molecule has 2 heterocycles. The van der Waals surface area contributed by atoms with Gasteiger partial charge in [-0.05, 0) is 42.7 Å². The Bertz CT molecular complexity index is 970. The van der Waals surface area contributed by atoms with E-state index in [1.54, 1.807) is 4.90 Å². The van der Waals surface area contributed by atoms with Crippen LogP contribution < -0.4 is 4.90 Å². The molecule has 11 heteroatoms. The van der Waals surface area contributed by atoms with Crippen molar-refractivity contribution in [3.63, 3.8) is 0 Å². The lowest BCUT2D eigenvalue weighted by Crippen LogP contribution is -2.53. The first-order valence-electron chi connectivity index (χ1n) is 10.4. The molecule has 2 aliphatic carbocycles. The highest BCUT2D eigenvalue weighted by Gasteiger charge is 2.64. The zero-order valence-corrected chi connectivity index (χ0v) is 18.4. The third-order valence-corrected chi connectivity index (χ3v) is 9.76. The summed E-state index contributed by atoms with van der Waals surface area (Å²) in [6.07, 6.45) is -1.40. The number of nitrogens with zero attached hydrogens (tertiary/aromatic N) is 4. The van der Waals surface area contributed by atoms with Gasteiger partial charge in [-0.1, -0.05) is 19.0 Å². The van der Waals surface area contributed by atoms with Crippen LogP contribution >= 0.6 is 0 Å². The van der Waals surface area contributed by atoms with Crippen LogP contribution in [-0.2, 0) is 16.2 Å². The Morgan fingerprint density at radius 3 is 2.42 bits per heavy atom. The first-order valence-corrected chi connectivity index (χ1v) is 12.0. The summed E-state index contributed by atoms with van der Waals surface area (Å²) in [6, 6.07) is 2.30. The largest absolute Gasteiger partial charge is 0.417 e. The van der Waals surface area contributed by atoms with Gasteiger partial charge in [0.15, 0.2) is 0 Å². The van der Waals surface area contributed by atoms with Gasteiger partial charge >= 0.3 is 6.18 Å². The van der Waals surface area contributed by atoms with Crippen LogP contribution in [0.2, 0.25) is 0 Å². The van der Waals surface area contributed by atoms with E-state index >= 15 is 0 Å². The minimum atomic E-state index is -4.44. The predicted molar refractivity (Wildman–Crippen MR) is 110 cm³/mol. The Labute approximate surface area is 180 Å². The van der Waals surface area contributed by atoms with Gasteiger partial charge in [-0.25, -0.2) is 13.4 Å². The van der Waals surface area contributed by atoms with E-state index in [-0.39, 0.29) is 24.3 Å². The summed E-state index contributed by atoms with van der Waals surface area (Å²) >= 11 is 0.